The van der Waals surface area contributed by atoms with Gasteiger partial charge in [0.05, 0.1) is 11.9 Å². The summed E-state index contributed by atoms with van der Waals surface area (Å²) in [6.07, 6.45) is 3.40. The summed E-state index contributed by atoms with van der Waals surface area (Å²) in [5.74, 6) is 1.16. The van der Waals surface area contributed by atoms with E-state index in [1.54, 1.807) is 0 Å². The van der Waals surface area contributed by atoms with Crippen LogP contribution in [0.1, 0.15) is 46.1 Å². The highest BCUT2D eigenvalue weighted by Gasteiger charge is 2.08. The molecule has 0 spiro atoms. The molecule has 1 aromatic carbocycles. The normalized spacial score (nSPS) is 12.0. The molecule has 0 radical (unpaired) electrons. The smallest absolute Gasteiger partial charge is 0.0994 e. The highest BCUT2D eigenvalue weighted by molar-refractivity contribution is 5.15. The van der Waals surface area contributed by atoms with Crippen molar-refractivity contribution in [3.63, 3.8) is 0 Å². The molecule has 1 rings (SSSR count). The summed E-state index contributed by atoms with van der Waals surface area (Å²) < 4.78 is 6.04. The minimum atomic E-state index is 0.244. The van der Waals surface area contributed by atoms with Crippen LogP contribution in [0, 0.1) is 0 Å². The number of hydrogen-bond acceptors (Lipinski definition) is 1. The number of hydrogen-bond donors (Lipinski definition) is 0. The van der Waals surface area contributed by atoms with Crippen LogP contribution in [0.2, 0.25) is 0 Å². The lowest BCUT2D eigenvalue weighted by molar-refractivity contribution is 0.121. The molecule has 0 N–H and O–H groups in total. The van der Waals surface area contributed by atoms with Gasteiger partial charge in [-0.25, -0.2) is 0 Å². The topological polar surface area (TPSA) is 9.23 Å². The molecule has 0 aliphatic carbocycles. The second-order valence-corrected chi connectivity index (χ2v) is 4.79. The maximum atomic E-state index is 6.04. The zero-order chi connectivity index (χ0) is 12.7. The summed E-state index contributed by atoms with van der Waals surface area (Å²) >= 11 is 0. The van der Waals surface area contributed by atoms with E-state index in [9.17, 15) is 0 Å². The van der Waals surface area contributed by atoms with Crippen LogP contribution >= 0.6 is 0 Å². The molecule has 1 nitrogen and oxygen atoms in total. The highest BCUT2D eigenvalue weighted by Crippen LogP contribution is 2.16. The van der Waals surface area contributed by atoms with Gasteiger partial charge in [-0.3, -0.25) is 0 Å². The van der Waals surface area contributed by atoms with Gasteiger partial charge in [0.1, 0.15) is 0 Å². The predicted octanol–water partition coefficient (Wildman–Crippen LogP) is 4.73. The van der Waals surface area contributed by atoms with E-state index >= 15 is 0 Å². The van der Waals surface area contributed by atoms with E-state index in [2.05, 4.69) is 52.0 Å². The van der Waals surface area contributed by atoms with Crippen molar-refractivity contribution in [3.8, 4) is 0 Å². The Bertz CT molecular complexity index is 347. The van der Waals surface area contributed by atoms with E-state index < -0.39 is 0 Å². The van der Waals surface area contributed by atoms with Gasteiger partial charge in [0.2, 0.25) is 0 Å². The van der Waals surface area contributed by atoms with Gasteiger partial charge in [-0.2, -0.15) is 0 Å². The molecule has 0 fully saturated rings. The summed E-state index contributed by atoms with van der Waals surface area (Å²) in [6.45, 7) is 8.58. The van der Waals surface area contributed by atoms with Crippen LogP contribution < -0.4 is 0 Å². The number of benzene rings is 1. The minimum Gasteiger partial charge on any atom is -0.495 e. The van der Waals surface area contributed by atoms with E-state index in [4.69, 9.17) is 4.74 Å². The van der Waals surface area contributed by atoms with Gasteiger partial charge < -0.3 is 4.74 Å². The summed E-state index contributed by atoms with van der Waals surface area (Å²) in [5.41, 5.74) is 2.64. The molecule has 1 aromatic rings. The van der Waals surface area contributed by atoms with Gasteiger partial charge in [0.25, 0.3) is 0 Å². The number of rotatable bonds is 6. The lowest BCUT2D eigenvalue weighted by Gasteiger charge is -2.18. The molecule has 0 saturated carbocycles. The third kappa shape index (κ3) is 5.08. The Morgan fingerprint density at radius 1 is 1.18 bits per heavy atom. The second kappa shape index (κ2) is 7.16. The van der Waals surface area contributed by atoms with Gasteiger partial charge in [-0.15, -0.1) is 0 Å². The van der Waals surface area contributed by atoms with Crippen molar-refractivity contribution < 1.29 is 4.74 Å². The monoisotopic (exact) mass is 232 g/mol. The van der Waals surface area contributed by atoms with Gasteiger partial charge in [-0.1, -0.05) is 37.3 Å². The molecule has 0 heterocycles. The summed E-state index contributed by atoms with van der Waals surface area (Å²) in [7, 11) is 0. The first-order valence-electron chi connectivity index (χ1n) is 6.50. The molecular weight excluding hydrogens is 208 g/mol. The molecular formula is C16H24O. The Morgan fingerprint density at radius 3 is 2.35 bits per heavy atom. The Kier molecular flexibility index (Phi) is 5.82. The maximum absolute atomic E-state index is 6.04. The van der Waals surface area contributed by atoms with Crippen molar-refractivity contribution in [1.29, 1.82) is 0 Å². The quantitative estimate of drug-likeness (QED) is 0.644. The van der Waals surface area contributed by atoms with Crippen molar-refractivity contribution >= 4 is 0 Å². The number of ether oxygens (including phenoxy) is 1. The number of allylic oxidation sites excluding steroid dienone is 2. The van der Waals surface area contributed by atoms with Crippen LogP contribution in [-0.2, 0) is 11.2 Å². The predicted molar refractivity (Wildman–Crippen MR) is 74.0 cm³/mol. The fraction of sp³-hybridized carbons (Fsp3) is 0.500. The molecule has 94 valence electrons. The van der Waals surface area contributed by atoms with E-state index in [1.807, 2.05) is 6.07 Å². The molecule has 1 atom stereocenters. The molecule has 0 amide bonds. The van der Waals surface area contributed by atoms with E-state index in [0.717, 1.165) is 25.0 Å². The Labute approximate surface area is 106 Å². The molecule has 1 unspecified atom stereocenters. The van der Waals surface area contributed by atoms with Crippen molar-refractivity contribution in [3.05, 3.63) is 47.2 Å². The lowest BCUT2D eigenvalue weighted by atomic mass is 10.1. The van der Waals surface area contributed by atoms with Crippen LogP contribution in [0.3, 0.4) is 0 Å². The Hall–Kier alpha value is -1.24. The van der Waals surface area contributed by atoms with E-state index in [0.29, 0.717) is 0 Å². The lowest BCUT2D eigenvalue weighted by Crippen LogP contribution is -2.12. The fourth-order valence-electron chi connectivity index (χ4n) is 1.88. The van der Waals surface area contributed by atoms with E-state index in [-0.39, 0.29) is 6.10 Å². The summed E-state index contributed by atoms with van der Waals surface area (Å²) in [4.78, 5) is 0. The largest absolute Gasteiger partial charge is 0.495 e. The molecule has 17 heavy (non-hydrogen) atoms. The van der Waals surface area contributed by atoms with Gasteiger partial charge in [0.15, 0.2) is 0 Å². The molecule has 0 saturated heterocycles. The van der Waals surface area contributed by atoms with Crippen molar-refractivity contribution in [2.45, 2.75) is 53.1 Å². The second-order valence-electron chi connectivity index (χ2n) is 4.79. The van der Waals surface area contributed by atoms with Gasteiger partial charge in [0, 0.05) is 12.8 Å². The first-order valence-corrected chi connectivity index (χ1v) is 6.50. The fourth-order valence-corrected chi connectivity index (χ4v) is 1.88. The molecule has 0 aliphatic rings. The SMILES string of the molecule is CCCC(OC(C)Cc1ccccc1)=C(C)C. The summed E-state index contributed by atoms with van der Waals surface area (Å²) in [5, 5.41) is 0. The minimum absolute atomic E-state index is 0.244. The standard InChI is InChI=1S/C16H24O/c1-5-9-16(13(2)3)17-14(4)12-15-10-7-6-8-11-15/h6-8,10-11,14H,5,9,12H2,1-4H3. The van der Waals surface area contributed by atoms with Crippen LogP contribution in [0.4, 0.5) is 0 Å². The Balaban J connectivity index is 2.54. The third-order valence-electron chi connectivity index (χ3n) is 2.74. The molecule has 0 bridgehead atoms. The van der Waals surface area contributed by atoms with Crippen molar-refractivity contribution in [1.82, 2.24) is 0 Å². The van der Waals surface area contributed by atoms with Crippen LogP contribution in [0.15, 0.2) is 41.7 Å². The van der Waals surface area contributed by atoms with E-state index in [1.165, 1.54) is 11.1 Å². The average Bonchev–Trinajstić information content (AvgIpc) is 2.29. The van der Waals surface area contributed by atoms with Crippen LogP contribution in [0.5, 0.6) is 0 Å². The first-order chi connectivity index (χ1) is 8.13. The maximum Gasteiger partial charge on any atom is 0.0994 e. The zero-order valence-corrected chi connectivity index (χ0v) is 11.5. The van der Waals surface area contributed by atoms with Crippen molar-refractivity contribution in [2.75, 3.05) is 0 Å². The highest BCUT2D eigenvalue weighted by atomic mass is 16.5. The first kappa shape index (κ1) is 13.8. The van der Waals surface area contributed by atoms with Crippen molar-refractivity contribution in [2.24, 2.45) is 0 Å². The summed E-state index contributed by atoms with van der Waals surface area (Å²) in [6, 6.07) is 10.5. The third-order valence-corrected chi connectivity index (χ3v) is 2.74. The van der Waals surface area contributed by atoms with Crippen LogP contribution in [0.25, 0.3) is 0 Å². The molecule has 0 aliphatic heterocycles. The zero-order valence-electron chi connectivity index (χ0n) is 11.5. The average molecular weight is 232 g/mol. The molecule has 1 heteroatoms. The van der Waals surface area contributed by atoms with Gasteiger partial charge >= 0.3 is 0 Å². The molecule has 0 aromatic heterocycles. The van der Waals surface area contributed by atoms with Gasteiger partial charge in [-0.05, 0) is 38.3 Å². The van der Waals surface area contributed by atoms with Crippen LogP contribution in [-0.4, -0.2) is 6.10 Å². The Morgan fingerprint density at radius 2 is 1.82 bits per heavy atom.